The van der Waals surface area contributed by atoms with Gasteiger partial charge in [-0.2, -0.15) is 0 Å². The number of anilines is 1. The molecule has 2 aromatic rings. The van der Waals surface area contributed by atoms with Crippen LogP contribution >= 0.6 is 27.3 Å². The van der Waals surface area contributed by atoms with Gasteiger partial charge in [-0.25, -0.2) is 0 Å². The van der Waals surface area contributed by atoms with Crippen LogP contribution in [0.4, 0.5) is 5.69 Å². The Balaban J connectivity index is 2.32. The normalized spacial score (nSPS) is 11.3. The molecule has 1 aromatic carbocycles. The van der Waals surface area contributed by atoms with E-state index in [0.29, 0.717) is 16.1 Å². The maximum Gasteiger partial charge on any atom is 0.267 e. The summed E-state index contributed by atoms with van der Waals surface area (Å²) in [4.78, 5) is 16.2. The number of nitrogens with two attached hydrogens (primary N) is 1. The molecule has 0 aliphatic heterocycles. The molecule has 6 nitrogen and oxygen atoms in total. The number of aromatic nitrogens is 1. The van der Waals surface area contributed by atoms with Gasteiger partial charge in [0.1, 0.15) is 4.88 Å². The van der Waals surface area contributed by atoms with E-state index < -0.39 is 0 Å². The third kappa shape index (κ3) is 3.09. The maximum absolute atomic E-state index is 11.9. The van der Waals surface area contributed by atoms with Crippen LogP contribution in [-0.2, 0) is 0 Å². The Morgan fingerprint density at radius 1 is 1.53 bits per heavy atom. The van der Waals surface area contributed by atoms with Gasteiger partial charge in [0.25, 0.3) is 5.91 Å². The van der Waals surface area contributed by atoms with Crippen molar-refractivity contribution in [1.82, 2.24) is 4.98 Å². The molecule has 8 heteroatoms. The van der Waals surface area contributed by atoms with Crippen molar-refractivity contribution in [3.63, 3.8) is 0 Å². The van der Waals surface area contributed by atoms with E-state index in [1.165, 1.54) is 17.5 Å². The van der Waals surface area contributed by atoms with Crippen LogP contribution in [0.2, 0.25) is 0 Å². The number of carbonyl (C=O) groups is 1. The molecule has 0 saturated carbocycles. The first-order valence-electron chi connectivity index (χ1n) is 5.09. The number of benzene rings is 1. The Kier molecular flexibility index (Phi) is 4.13. The van der Waals surface area contributed by atoms with Gasteiger partial charge in [0.2, 0.25) is 0 Å². The predicted molar refractivity (Wildman–Crippen MR) is 76.7 cm³/mol. The lowest BCUT2D eigenvalue weighted by molar-refractivity contribution is 0.103. The molecular formula is C11H9BrN4O2S. The Hall–Kier alpha value is -1.93. The second kappa shape index (κ2) is 5.81. The first-order chi connectivity index (χ1) is 9.11. The Morgan fingerprint density at radius 3 is 2.95 bits per heavy atom. The number of hydrogen-bond donors (Lipinski definition) is 3. The van der Waals surface area contributed by atoms with E-state index >= 15 is 0 Å². The third-order valence-corrected chi connectivity index (χ3v) is 3.53. The highest BCUT2D eigenvalue weighted by Gasteiger charge is 2.13. The summed E-state index contributed by atoms with van der Waals surface area (Å²) >= 11 is 4.52. The van der Waals surface area contributed by atoms with Gasteiger partial charge in [-0.15, -0.1) is 11.3 Å². The monoisotopic (exact) mass is 340 g/mol. The predicted octanol–water partition coefficient (Wildman–Crippen LogP) is 2.25. The fourth-order valence-corrected chi connectivity index (χ4v) is 2.28. The number of hydrogen-bond acceptors (Lipinski definition) is 5. The van der Waals surface area contributed by atoms with E-state index in [0.717, 1.165) is 4.47 Å². The van der Waals surface area contributed by atoms with E-state index in [1.54, 1.807) is 23.7 Å². The zero-order valence-electron chi connectivity index (χ0n) is 9.50. The summed E-state index contributed by atoms with van der Waals surface area (Å²) in [5.74, 6) is -0.377. The minimum Gasteiger partial charge on any atom is -0.409 e. The highest BCUT2D eigenvalue weighted by atomic mass is 79.9. The molecule has 98 valence electrons. The number of nitrogens with zero attached hydrogens (tertiary/aromatic N) is 2. The van der Waals surface area contributed by atoms with Crippen molar-refractivity contribution in [3.8, 4) is 0 Å². The summed E-state index contributed by atoms with van der Waals surface area (Å²) in [6.45, 7) is 0. The van der Waals surface area contributed by atoms with Crippen molar-refractivity contribution in [1.29, 1.82) is 0 Å². The second-order valence-corrected chi connectivity index (χ2v) is 5.30. The van der Waals surface area contributed by atoms with E-state index in [4.69, 9.17) is 10.9 Å². The zero-order chi connectivity index (χ0) is 13.8. The number of halogens is 1. The molecule has 0 radical (unpaired) electrons. The van der Waals surface area contributed by atoms with Crippen molar-refractivity contribution in [2.45, 2.75) is 0 Å². The van der Waals surface area contributed by atoms with Crippen molar-refractivity contribution < 1.29 is 10.0 Å². The van der Waals surface area contributed by atoms with Gasteiger partial charge in [0.15, 0.2) is 5.84 Å². The largest absolute Gasteiger partial charge is 0.409 e. The van der Waals surface area contributed by atoms with Crippen molar-refractivity contribution in [3.05, 3.63) is 44.8 Å². The third-order valence-electron chi connectivity index (χ3n) is 2.27. The van der Waals surface area contributed by atoms with Gasteiger partial charge < -0.3 is 16.3 Å². The molecular weight excluding hydrogens is 332 g/mol. The summed E-state index contributed by atoms with van der Waals surface area (Å²) in [5, 5.41) is 14.4. The van der Waals surface area contributed by atoms with E-state index in [1.807, 2.05) is 0 Å². The number of oxime groups is 1. The molecule has 0 atom stereocenters. The van der Waals surface area contributed by atoms with Gasteiger partial charge >= 0.3 is 0 Å². The summed E-state index contributed by atoms with van der Waals surface area (Å²) in [6.07, 6.45) is 1.47. The van der Waals surface area contributed by atoms with E-state index in [9.17, 15) is 4.79 Å². The molecule has 2 rings (SSSR count). The number of amidine groups is 1. The number of amides is 1. The van der Waals surface area contributed by atoms with Crippen LogP contribution in [-0.4, -0.2) is 21.9 Å². The molecule has 0 spiro atoms. The molecule has 0 saturated heterocycles. The highest BCUT2D eigenvalue weighted by molar-refractivity contribution is 9.10. The molecule has 1 amide bonds. The first kappa shape index (κ1) is 13.5. The Bertz CT molecular complexity index is 628. The van der Waals surface area contributed by atoms with Crippen LogP contribution in [0.1, 0.15) is 15.2 Å². The number of nitrogens with one attached hydrogen (secondary N) is 1. The summed E-state index contributed by atoms with van der Waals surface area (Å²) < 4.78 is 0.755. The Labute approximate surface area is 121 Å². The van der Waals surface area contributed by atoms with Gasteiger partial charge in [-0.05, 0) is 18.2 Å². The fourth-order valence-electron chi connectivity index (χ4n) is 1.40. The van der Waals surface area contributed by atoms with Crippen LogP contribution < -0.4 is 11.1 Å². The molecule has 0 aliphatic carbocycles. The van der Waals surface area contributed by atoms with Crippen LogP contribution in [0.5, 0.6) is 0 Å². The van der Waals surface area contributed by atoms with Gasteiger partial charge in [-0.3, -0.25) is 9.78 Å². The van der Waals surface area contributed by atoms with Gasteiger partial charge in [-0.1, -0.05) is 21.1 Å². The fraction of sp³-hybridized carbons (Fsp3) is 0. The zero-order valence-corrected chi connectivity index (χ0v) is 11.9. The molecule has 4 N–H and O–H groups in total. The average Bonchev–Trinajstić information content (AvgIpc) is 2.94. The minimum atomic E-state index is -0.295. The van der Waals surface area contributed by atoms with Gasteiger partial charge in [0.05, 0.1) is 17.4 Å². The lowest BCUT2D eigenvalue weighted by Gasteiger charge is -2.09. The smallest absolute Gasteiger partial charge is 0.267 e. The van der Waals surface area contributed by atoms with Crippen molar-refractivity contribution in [2.24, 2.45) is 10.9 Å². The molecule has 0 fully saturated rings. The summed E-state index contributed by atoms with van der Waals surface area (Å²) in [7, 11) is 0. The first-order valence-corrected chi connectivity index (χ1v) is 6.76. The second-order valence-electron chi connectivity index (χ2n) is 3.49. The van der Waals surface area contributed by atoms with Crippen LogP contribution in [0, 0.1) is 0 Å². The van der Waals surface area contributed by atoms with Crippen LogP contribution in [0.3, 0.4) is 0 Å². The standard InChI is InChI=1S/C11H9BrN4O2S/c12-6-1-2-8(7(3-6)10(13)16-18)15-11(17)9-4-14-5-19-9/h1-5,18H,(H2,13,16)(H,15,17). The SMILES string of the molecule is N/C(=N/O)c1cc(Br)ccc1NC(=O)c1cncs1. The van der Waals surface area contributed by atoms with Gasteiger partial charge in [0, 0.05) is 10.0 Å². The topological polar surface area (TPSA) is 101 Å². The highest BCUT2D eigenvalue weighted by Crippen LogP contribution is 2.22. The summed E-state index contributed by atoms with van der Waals surface area (Å²) in [6, 6.07) is 5.06. The quantitative estimate of drug-likeness (QED) is 0.345. The molecule has 0 aliphatic rings. The minimum absolute atomic E-state index is 0.0825. The molecule has 19 heavy (non-hydrogen) atoms. The maximum atomic E-state index is 11.9. The number of carbonyl (C=O) groups excluding carboxylic acids is 1. The van der Waals surface area contributed by atoms with Crippen molar-refractivity contribution >= 4 is 44.7 Å². The van der Waals surface area contributed by atoms with E-state index in [2.05, 4.69) is 31.4 Å². The number of rotatable bonds is 3. The van der Waals surface area contributed by atoms with Crippen LogP contribution in [0.15, 0.2) is 39.5 Å². The molecule has 0 unspecified atom stereocenters. The molecule has 1 heterocycles. The molecule has 0 bridgehead atoms. The number of thiazole rings is 1. The Morgan fingerprint density at radius 2 is 2.32 bits per heavy atom. The molecule has 1 aromatic heterocycles. The van der Waals surface area contributed by atoms with E-state index in [-0.39, 0.29) is 11.7 Å². The lowest BCUT2D eigenvalue weighted by Crippen LogP contribution is -2.18. The average molecular weight is 341 g/mol. The summed E-state index contributed by atoms with van der Waals surface area (Å²) in [5.41, 5.74) is 8.03. The lowest BCUT2D eigenvalue weighted by atomic mass is 10.1. The van der Waals surface area contributed by atoms with Crippen molar-refractivity contribution in [2.75, 3.05) is 5.32 Å². The van der Waals surface area contributed by atoms with Crippen LogP contribution in [0.25, 0.3) is 0 Å².